The Morgan fingerprint density at radius 3 is 2.72 bits per heavy atom. The van der Waals surface area contributed by atoms with Gasteiger partial charge in [-0.05, 0) is 25.0 Å². The third kappa shape index (κ3) is 3.50. The molecular weight excluding hydrogens is 235 g/mol. The molecule has 18 heavy (non-hydrogen) atoms. The van der Waals surface area contributed by atoms with Gasteiger partial charge >= 0.3 is 0 Å². The number of hydrogen-bond donors (Lipinski definition) is 2. The molecule has 5 heteroatoms. The van der Waals surface area contributed by atoms with Gasteiger partial charge in [0, 0.05) is 0 Å². The van der Waals surface area contributed by atoms with E-state index < -0.39 is 11.5 Å². The van der Waals surface area contributed by atoms with Gasteiger partial charge in [0.05, 0.1) is 23.9 Å². The van der Waals surface area contributed by atoms with Crippen LogP contribution in [0.4, 0.5) is 10.1 Å². The highest BCUT2D eigenvalue weighted by molar-refractivity contribution is 5.91. The van der Waals surface area contributed by atoms with E-state index in [1.54, 1.807) is 0 Å². The number of rotatable bonds is 3. The minimum atomic E-state index is -0.879. The van der Waals surface area contributed by atoms with Crippen molar-refractivity contribution in [1.82, 2.24) is 4.98 Å². The minimum absolute atomic E-state index is 0.0877. The summed E-state index contributed by atoms with van der Waals surface area (Å²) in [4.78, 5) is 15.2. The van der Waals surface area contributed by atoms with E-state index in [4.69, 9.17) is 0 Å². The van der Waals surface area contributed by atoms with Gasteiger partial charge in [-0.25, -0.2) is 4.98 Å². The summed E-state index contributed by atoms with van der Waals surface area (Å²) in [6, 6.07) is 2.64. The summed E-state index contributed by atoms with van der Waals surface area (Å²) in [5, 5.41) is 12.8. The monoisotopic (exact) mass is 252 g/mol. The summed E-state index contributed by atoms with van der Waals surface area (Å²) < 4.78 is 12.6. The largest absolute Gasteiger partial charge is 0.389 e. The summed E-state index contributed by atoms with van der Waals surface area (Å²) in [7, 11) is 0. The maximum atomic E-state index is 12.6. The second-order valence-corrected chi connectivity index (χ2v) is 4.88. The van der Waals surface area contributed by atoms with Gasteiger partial charge in [-0.3, -0.25) is 4.79 Å². The maximum absolute atomic E-state index is 12.6. The molecular formula is C13H17FN2O2. The van der Waals surface area contributed by atoms with E-state index >= 15 is 0 Å². The summed E-state index contributed by atoms with van der Waals surface area (Å²) in [5.74, 6) is -0.841. The van der Waals surface area contributed by atoms with Gasteiger partial charge in [0.1, 0.15) is 0 Å². The first-order valence-electron chi connectivity index (χ1n) is 6.21. The predicted octanol–water partition coefficient (Wildman–Crippen LogP) is 2.24. The molecule has 0 atom stereocenters. The number of aliphatic hydroxyl groups is 1. The number of aromatic nitrogens is 1. The SMILES string of the molecule is O=C(CC1(O)CCCCC1)Nc1ccc(F)nc1. The molecule has 2 N–H and O–H groups in total. The molecule has 0 aliphatic heterocycles. The van der Waals surface area contributed by atoms with E-state index in [-0.39, 0.29) is 12.3 Å². The molecule has 0 saturated heterocycles. The Hall–Kier alpha value is -1.49. The Balaban J connectivity index is 1.90. The molecule has 0 spiro atoms. The number of carbonyl (C=O) groups is 1. The highest BCUT2D eigenvalue weighted by atomic mass is 19.1. The number of nitrogens with one attached hydrogen (secondary N) is 1. The van der Waals surface area contributed by atoms with Crippen LogP contribution in [0.1, 0.15) is 38.5 Å². The van der Waals surface area contributed by atoms with Crippen LogP contribution in [0.3, 0.4) is 0 Å². The second-order valence-electron chi connectivity index (χ2n) is 4.88. The number of carbonyl (C=O) groups excluding carboxylic acids is 1. The van der Waals surface area contributed by atoms with Gasteiger partial charge in [-0.2, -0.15) is 4.39 Å². The fourth-order valence-electron chi connectivity index (χ4n) is 2.34. The van der Waals surface area contributed by atoms with Gasteiger partial charge in [0.2, 0.25) is 11.9 Å². The Bertz CT molecular complexity index is 414. The zero-order chi connectivity index (χ0) is 13.0. The number of hydrogen-bond acceptors (Lipinski definition) is 3. The zero-order valence-corrected chi connectivity index (χ0v) is 10.2. The number of pyridine rings is 1. The van der Waals surface area contributed by atoms with E-state index in [0.717, 1.165) is 19.3 Å². The van der Waals surface area contributed by atoms with Crippen LogP contribution < -0.4 is 5.32 Å². The third-order valence-electron chi connectivity index (χ3n) is 3.29. The van der Waals surface area contributed by atoms with Crippen molar-refractivity contribution in [2.24, 2.45) is 0 Å². The lowest BCUT2D eigenvalue weighted by atomic mass is 9.82. The van der Waals surface area contributed by atoms with Crippen LogP contribution in [-0.2, 0) is 4.79 Å². The predicted molar refractivity (Wildman–Crippen MR) is 65.5 cm³/mol. The molecule has 1 amide bonds. The molecule has 1 heterocycles. The van der Waals surface area contributed by atoms with Crippen LogP contribution in [0.5, 0.6) is 0 Å². The first-order valence-corrected chi connectivity index (χ1v) is 6.21. The lowest BCUT2D eigenvalue weighted by Gasteiger charge is -2.31. The normalized spacial score (nSPS) is 18.3. The van der Waals surface area contributed by atoms with Crippen molar-refractivity contribution in [2.75, 3.05) is 5.32 Å². The van der Waals surface area contributed by atoms with Crippen LogP contribution >= 0.6 is 0 Å². The van der Waals surface area contributed by atoms with Gasteiger partial charge in [-0.1, -0.05) is 19.3 Å². The fourth-order valence-corrected chi connectivity index (χ4v) is 2.34. The van der Waals surface area contributed by atoms with Gasteiger partial charge < -0.3 is 10.4 Å². The van der Waals surface area contributed by atoms with Crippen LogP contribution in [0.2, 0.25) is 0 Å². The molecule has 0 aromatic carbocycles. The Morgan fingerprint density at radius 1 is 1.39 bits per heavy atom. The van der Waals surface area contributed by atoms with E-state index in [1.807, 2.05) is 0 Å². The lowest BCUT2D eigenvalue weighted by molar-refractivity contribution is -0.122. The molecule has 1 aliphatic carbocycles. The highest BCUT2D eigenvalue weighted by Crippen LogP contribution is 2.31. The van der Waals surface area contributed by atoms with Crippen molar-refractivity contribution in [1.29, 1.82) is 0 Å². The molecule has 1 aromatic rings. The van der Waals surface area contributed by atoms with E-state index in [2.05, 4.69) is 10.3 Å². The molecule has 0 unspecified atom stereocenters. The zero-order valence-electron chi connectivity index (χ0n) is 10.2. The van der Waals surface area contributed by atoms with Crippen molar-refractivity contribution in [2.45, 2.75) is 44.1 Å². The van der Waals surface area contributed by atoms with Crippen molar-refractivity contribution < 1.29 is 14.3 Å². The summed E-state index contributed by atoms with van der Waals surface area (Å²) in [6.07, 6.45) is 5.72. The Labute approximate surface area is 105 Å². The molecule has 1 saturated carbocycles. The van der Waals surface area contributed by atoms with E-state index in [9.17, 15) is 14.3 Å². The molecule has 0 bridgehead atoms. The third-order valence-corrected chi connectivity index (χ3v) is 3.29. The molecule has 2 rings (SSSR count). The van der Waals surface area contributed by atoms with Gasteiger partial charge in [0.25, 0.3) is 0 Å². The number of amides is 1. The number of halogens is 1. The summed E-state index contributed by atoms with van der Waals surface area (Å²) in [6.45, 7) is 0. The van der Waals surface area contributed by atoms with Crippen LogP contribution in [0.15, 0.2) is 18.3 Å². The van der Waals surface area contributed by atoms with Crippen LogP contribution in [-0.4, -0.2) is 21.6 Å². The number of nitrogens with zero attached hydrogens (tertiary/aromatic N) is 1. The van der Waals surface area contributed by atoms with Crippen LogP contribution in [0, 0.1) is 5.95 Å². The number of anilines is 1. The Morgan fingerprint density at radius 2 is 2.11 bits per heavy atom. The standard InChI is InChI=1S/C13H17FN2O2/c14-11-5-4-10(9-15-11)16-12(17)8-13(18)6-2-1-3-7-13/h4-5,9,18H,1-3,6-8H2,(H,16,17). The average Bonchev–Trinajstić information content (AvgIpc) is 2.32. The fraction of sp³-hybridized carbons (Fsp3) is 0.538. The second kappa shape index (κ2) is 5.44. The van der Waals surface area contributed by atoms with E-state index in [0.29, 0.717) is 18.5 Å². The molecule has 98 valence electrons. The maximum Gasteiger partial charge on any atom is 0.227 e. The summed E-state index contributed by atoms with van der Waals surface area (Å²) >= 11 is 0. The average molecular weight is 252 g/mol. The lowest BCUT2D eigenvalue weighted by Crippen LogP contribution is -2.35. The first kappa shape index (κ1) is 13.0. The van der Waals surface area contributed by atoms with Crippen molar-refractivity contribution >= 4 is 11.6 Å². The topological polar surface area (TPSA) is 62.2 Å². The first-order chi connectivity index (χ1) is 8.57. The van der Waals surface area contributed by atoms with Gasteiger partial charge in [0.15, 0.2) is 0 Å². The summed E-state index contributed by atoms with van der Waals surface area (Å²) in [5.41, 5.74) is -0.434. The Kier molecular flexibility index (Phi) is 3.91. The minimum Gasteiger partial charge on any atom is -0.389 e. The molecule has 1 fully saturated rings. The molecule has 1 aliphatic rings. The molecule has 0 radical (unpaired) electrons. The highest BCUT2D eigenvalue weighted by Gasteiger charge is 2.31. The van der Waals surface area contributed by atoms with E-state index in [1.165, 1.54) is 18.3 Å². The van der Waals surface area contributed by atoms with Crippen molar-refractivity contribution in [3.8, 4) is 0 Å². The molecule has 4 nitrogen and oxygen atoms in total. The van der Waals surface area contributed by atoms with Gasteiger partial charge in [-0.15, -0.1) is 0 Å². The van der Waals surface area contributed by atoms with Crippen molar-refractivity contribution in [3.05, 3.63) is 24.3 Å². The van der Waals surface area contributed by atoms with Crippen LogP contribution in [0.25, 0.3) is 0 Å². The molecule has 1 aromatic heterocycles. The quantitative estimate of drug-likeness (QED) is 0.811. The smallest absolute Gasteiger partial charge is 0.227 e. The van der Waals surface area contributed by atoms with Crippen molar-refractivity contribution in [3.63, 3.8) is 0 Å².